The molecule has 1 unspecified atom stereocenters. The summed E-state index contributed by atoms with van der Waals surface area (Å²) in [6.45, 7) is 4.84. The number of aryl methyl sites for hydroxylation is 2. The number of carbonyl (C=O) groups excluding carboxylic acids is 1. The minimum absolute atomic E-state index is 0.0918. The molecule has 0 radical (unpaired) electrons. The molecule has 0 aliphatic rings. The topological polar surface area (TPSA) is 61.8 Å². The van der Waals surface area contributed by atoms with Gasteiger partial charge >= 0.3 is 0 Å². The molecule has 0 aromatic heterocycles. The fourth-order valence-electron chi connectivity index (χ4n) is 1.97. The highest BCUT2D eigenvalue weighted by molar-refractivity contribution is 5.93. The van der Waals surface area contributed by atoms with Crippen LogP contribution in [0.25, 0.3) is 0 Å². The monoisotopic (exact) mass is 280 g/mol. The molecule has 112 valence electrons. The molecule has 1 aromatic carbocycles. The zero-order chi connectivity index (χ0) is 15.1. The Morgan fingerprint density at radius 3 is 2.80 bits per heavy atom. The molecule has 0 aliphatic carbocycles. The third kappa shape index (κ3) is 5.69. The highest BCUT2D eigenvalue weighted by Gasteiger charge is 2.12. The maximum absolute atomic E-state index is 12.0. The summed E-state index contributed by atoms with van der Waals surface area (Å²) < 4.78 is 4.86. The lowest BCUT2D eigenvalue weighted by Gasteiger charge is -2.20. The van der Waals surface area contributed by atoms with E-state index in [1.165, 1.54) is 7.11 Å². The Balaban J connectivity index is 2.49. The Morgan fingerprint density at radius 1 is 1.45 bits per heavy atom. The van der Waals surface area contributed by atoms with Crippen LogP contribution < -0.4 is 5.32 Å². The predicted octanol–water partition coefficient (Wildman–Crippen LogP) is 1.18. The molecule has 0 saturated carbocycles. The number of aliphatic hydroxyl groups excluding tert-OH is 1. The maximum atomic E-state index is 12.0. The lowest BCUT2D eigenvalue weighted by Crippen LogP contribution is -2.37. The highest BCUT2D eigenvalue weighted by atomic mass is 16.5. The molecule has 5 nitrogen and oxygen atoms in total. The van der Waals surface area contributed by atoms with Crippen LogP contribution >= 0.6 is 0 Å². The molecule has 0 fully saturated rings. The quantitative estimate of drug-likeness (QED) is 0.787. The van der Waals surface area contributed by atoms with Crippen molar-refractivity contribution in [3.8, 4) is 0 Å². The van der Waals surface area contributed by atoms with Gasteiger partial charge in [0.25, 0.3) is 0 Å². The summed E-state index contributed by atoms with van der Waals surface area (Å²) in [5.74, 6) is -0.0918. The van der Waals surface area contributed by atoms with E-state index in [0.717, 1.165) is 16.8 Å². The van der Waals surface area contributed by atoms with E-state index in [9.17, 15) is 9.90 Å². The molecule has 20 heavy (non-hydrogen) atoms. The van der Waals surface area contributed by atoms with Crippen molar-refractivity contribution in [1.29, 1.82) is 0 Å². The van der Waals surface area contributed by atoms with Gasteiger partial charge in [-0.3, -0.25) is 9.69 Å². The summed E-state index contributed by atoms with van der Waals surface area (Å²) in [7, 11) is 3.33. The number of hydrogen-bond donors (Lipinski definition) is 2. The lowest BCUT2D eigenvalue weighted by atomic mass is 10.1. The molecule has 0 saturated heterocycles. The average Bonchev–Trinajstić information content (AvgIpc) is 2.33. The van der Waals surface area contributed by atoms with Crippen molar-refractivity contribution in [2.75, 3.05) is 39.2 Å². The van der Waals surface area contributed by atoms with Crippen LogP contribution in [0.2, 0.25) is 0 Å². The number of carbonyl (C=O) groups is 1. The van der Waals surface area contributed by atoms with Crippen LogP contribution in [0.4, 0.5) is 5.69 Å². The van der Waals surface area contributed by atoms with Crippen LogP contribution in [0.3, 0.4) is 0 Å². The number of likely N-dealkylation sites (N-methyl/N-ethyl adjacent to an activating group) is 1. The summed E-state index contributed by atoms with van der Waals surface area (Å²) in [6.07, 6.45) is -0.585. The van der Waals surface area contributed by atoms with Crippen LogP contribution in [0.5, 0.6) is 0 Å². The average molecular weight is 280 g/mol. The minimum atomic E-state index is -0.585. The van der Waals surface area contributed by atoms with Gasteiger partial charge in [-0.2, -0.15) is 0 Å². The van der Waals surface area contributed by atoms with Crippen molar-refractivity contribution in [2.24, 2.45) is 0 Å². The van der Waals surface area contributed by atoms with Crippen molar-refractivity contribution in [3.05, 3.63) is 29.3 Å². The van der Waals surface area contributed by atoms with E-state index in [2.05, 4.69) is 5.32 Å². The van der Waals surface area contributed by atoms with Gasteiger partial charge in [-0.1, -0.05) is 12.1 Å². The molecule has 1 amide bonds. The molecule has 0 spiro atoms. The van der Waals surface area contributed by atoms with E-state index in [-0.39, 0.29) is 19.1 Å². The van der Waals surface area contributed by atoms with Crippen LogP contribution in [-0.4, -0.2) is 55.9 Å². The van der Waals surface area contributed by atoms with Gasteiger partial charge in [-0.25, -0.2) is 0 Å². The number of hydrogen-bond acceptors (Lipinski definition) is 4. The number of amides is 1. The summed E-state index contributed by atoms with van der Waals surface area (Å²) in [5, 5.41) is 12.5. The molecule has 5 heteroatoms. The Morgan fingerprint density at radius 2 is 2.15 bits per heavy atom. The first kappa shape index (κ1) is 16.6. The van der Waals surface area contributed by atoms with Gasteiger partial charge in [-0.15, -0.1) is 0 Å². The fourth-order valence-corrected chi connectivity index (χ4v) is 1.97. The third-order valence-electron chi connectivity index (χ3n) is 2.96. The number of methoxy groups -OCH3 is 1. The van der Waals surface area contributed by atoms with Crippen LogP contribution in [-0.2, 0) is 9.53 Å². The van der Waals surface area contributed by atoms with Crippen molar-refractivity contribution < 1.29 is 14.6 Å². The van der Waals surface area contributed by atoms with Gasteiger partial charge in [0.1, 0.15) is 0 Å². The van der Waals surface area contributed by atoms with E-state index in [1.54, 1.807) is 11.9 Å². The summed E-state index contributed by atoms with van der Waals surface area (Å²) in [6, 6.07) is 5.95. The number of nitrogens with one attached hydrogen (secondary N) is 1. The first-order valence-corrected chi connectivity index (χ1v) is 6.65. The van der Waals surface area contributed by atoms with E-state index in [1.807, 2.05) is 32.0 Å². The van der Waals surface area contributed by atoms with Crippen molar-refractivity contribution in [2.45, 2.75) is 20.0 Å². The molecular formula is C15H24N2O3. The maximum Gasteiger partial charge on any atom is 0.238 e. The number of nitrogens with zero attached hydrogens (tertiary/aromatic N) is 1. The largest absolute Gasteiger partial charge is 0.389 e. The van der Waals surface area contributed by atoms with Gasteiger partial charge in [0.15, 0.2) is 0 Å². The molecule has 0 bridgehead atoms. The highest BCUT2D eigenvalue weighted by Crippen LogP contribution is 2.16. The molecule has 0 aliphatic heterocycles. The normalized spacial score (nSPS) is 12.5. The van der Waals surface area contributed by atoms with E-state index < -0.39 is 6.10 Å². The second kappa shape index (κ2) is 7.99. The molecule has 1 atom stereocenters. The Kier molecular flexibility index (Phi) is 6.64. The zero-order valence-corrected chi connectivity index (χ0v) is 12.6. The van der Waals surface area contributed by atoms with Gasteiger partial charge < -0.3 is 15.2 Å². The van der Waals surface area contributed by atoms with Gasteiger partial charge in [0.05, 0.1) is 19.3 Å². The predicted molar refractivity (Wildman–Crippen MR) is 79.9 cm³/mol. The van der Waals surface area contributed by atoms with Gasteiger partial charge in [0.2, 0.25) is 5.91 Å². The third-order valence-corrected chi connectivity index (χ3v) is 2.96. The SMILES string of the molecule is COCC(O)CN(C)CC(=O)Nc1cc(C)ccc1C. The first-order valence-electron chi connectivity index (χ1n) is 6.65. The standard InChI is InChI=1S/C15H24N2O3/c1-11-5-6-12(2)14(7-11)16-15(19)9-17(3)8-13(18)10-20-4/h5-7,13,18H,8-10H2,1-4H3,(H,16,19). The van der Waals surface area contributed by atoms with Crippen LogP contribution in [0.1, 0.15) is 11.1 Å². The first-order chi connectivity index (χ1) is 9.42. The molecule has 1 aromatic rings. The summed E-state index contributed by atoms with van der Waals surface area (Å²) in [4.78, 5) is 13.7. The second-order valence-corrected chi connectivity index (χ2v) is 5.17. The summed E-state index contributed by atoms with van der Waals surface area (Å²) >= 11 is 0. The number of ether oxygens (including phenoxy) is 1. The molecule has 2 N–H and O–H groups in total. The van der Waals surface area contributed by atoms with Gasteiger partial charge in [-0.05, 0) is 38.1 Å². The summed E-state index contributed by atoms with van der Waals surface area (Å²) in [5.41, 5.74) is 2.97. The van der Waals surface area contributed by atoms with E-state index in [0.29, 0.717) is 6.54 Å². The zero-order valence-electron chi connectivity index (χ0n) is 12.6. The van der Waals surface area contributed by atoms with Crippen molar-refractivity contribution in [3.63, 3.8) is 0 Å². The Bertz CT molecular complexity index is 449. The van der Waals surface area contributed by atoms with E-state index >= 15 is 0 Å². The number of anilines is 1. The lowest BCUT2D eigenvalue weighted by molar-refractivity contribution is -0.117. The van der Waals surface area contributed by atoms with Crippen molar-refractivity contribution in [1.82, 2.24) is 4.90 Å². The van der Waals surface area contributed by atoms with Crippen LogP contribution in [0, 0.1) is 13.8 Å². The molecule has 0 heterocycles. The molecular weight excluding hydrogens is 256 g/mol. The number of rotatable bonds is 7. The number of aliphatic hydroxyl groups is 1. The Hall–Kier alpha value is -1.43. The van der Waals surface area contributed by atoms with E-state index in [4.69, 9.17) is 4.74 Å². The van der Waals surface area contributed by atoms with Crippen molar-refractivity contribution >= 4 is 11.6 Å². The minimum Gasteiger partial charge on any atom is -0.389 e. The van der Waals surface area contributed by atoms with Gasteiger partial charge in [0, 0.05) is 19.3 Å². The fraction of sp³-hybridized carbons (Fsp3) is 0.533. The van der Waals surface area contributed by atoms with Crippen LogP contribution in [0.15, 0.2) is 18.2 Å². The molecule has 1 rings (SSSR count). The number of benzene rings is 1. The Labute approximate surface area is 120 Å². The second-order valence-electron chi connectivity index (χ2n) is 5.17. The smallest absolute Gasteiger partial charge is 0.238 e.